The van der Waals surface area contributed by atoms with Crippen molar-refractivity contribution in [1.82, 2.24) is 49.8 Å². The Morgan fingerprint density at radius 2 is 1.01 bits per heavy atom. The lowest BCUT2D eigenvalue weighted by molar-refractivity contribution is 0.0373. The number of fused-ring (bicyclic) bond motifs is 2. The molecule has 7 heterocycles. The van der Waals surface area contributed by atoms with Gasteiger partial charge in [-0.05, 0) is 112 Å². The minimum Gasteiger partial charge on any atom is -0.492 e. The average molecular weight is 1160 g/mol. The second kappa shape index (κ2) is 34.9. The van der Waals surface area contributed by atoms with Gasteiger partial charge >= 0.3 is 0 Å². The largest absolute Gasteiger partial charge is 0.492 e. The molecule has 11 rings (SSSR count). The van der Waals surface area contributed by atoms with Gasteiger partial charge in [0.2, 0.25) is 0 Å². The van der Waals surface area contributed by atoms with Gasteiger partial charge in [-0.3, -0.25) is 14.7 Å². The Kier molecular flexibility index (Phi) is 26.0. The van der Waals surface area contributed by atoms with E-state index in [0.717, 1.165) is 229 Å². The fourth-order valence-electron chi connectivity index (χ4n) is 11.7. The van der Waals surface area contributed by atoms with Crippen molar-refractivity contribution in [3.63, 3.8) is 0 Å². The van der Waals surface area contributed by atoms with Crippen LogP contribution in [0.25, 0.3) is 22.8 Å². The molecule has 3 saturated heterocycles. The first-order valence-electron chi connectivity index (χ1n) is 32.0. The molecule has 0 saturated carbocycles. The number of piperazine rings is 1. The van der Waals surface area contributed by atoms with Gasteiger partial charge in [0.1, 0.15) is 24.0 Å². The normalized spacial score (nSPS) is 17.1. The number of aliphatic hydroxyl groups is 1. The molecule has 2 aromatic heterocycles. The number of unbranched alkanes of at least 4 members (excludes halogenated alkanes) is 2. The van der Waals surface area contributed by atoms with E-state index in [2.05, 4.69) is 137 Å². The lowest BCUT2D eigenvalue weighted by Crippen LogP contribution is -2.44. The predicted octanol–water partition coefficient (Wildman–Crippen LogP) is 8.58. The molecule has 0 aliphatic carbocycles. The molecule has 0 radical (unpaired) electrons. The van der Waals surface area contributed by atoms with E-state index >= 15 is 0 Å². The lowest BCUT2D eigenvalue weighted by atomic mass is 10.0. The van der Waals surface area contributed by atoms with Gasteiger partial charge in [-0.15, -0.1) is 0 Å². The molecule has 6 aromatic rings. The molecule has 3 fully saturated rings. The zero-order chi connectivity index (χ0) is 58.7. The maximum atomic E-state index is 8.89. The average Bonchev–Trinajstić information content (AvgIpc) is 3.13. The monoisotopic (exact) mass is 1160 g/mol. The highest BCUT2D eigenvalue weighted by molar-refractivity contribution is 5.64. The molecule has 0 atom stereocenters. The molecule has 0 spiro atoms. The van der Waals surface area contributed by atoms with Gasteiger partial charge in [0, 0.05) is 165 Å². The van der Waals surface area contributed by atoms with E-state index in [4.69, 9.17) is 39.3 Å². The lowest BCUT2D eigenvalue weighted by Gasteiger charge is -2.34. The van der Waals surface area contributed by atoms with E-state index in [1.165, 1.54) is 40.1 Å². The molecule has 4 aromatic carbocycles. The molecule has 0 unspecified atom stereocenters. The number of anilines is 3. The fourth-order valence-corrected chi connectivity index (χ4v) is 11.7. The number of morpholine rings is 1. The first-order chi connectivity index (χ1) is 42.0. The number of nitrogens with zero attached hydrogens (tertiary/aromatic N) is 10. The van der Waals surface area contributed by atoms with Gasteiger partial charge in [0.05, 0.1) is 37.8 Å². The first kappa shape index (κ1) is 63.4. The summed E-state index contributed by atoms with van der Waals surface area (Å²) in [6, 6.07) is 38.4. The molecule has 17 heteroatoms. The van der Waals surface area contributed by atoms with E-state index in [0.29, 0.717) is 19.7 Å². The van der Waals surface area contributed by atoms with Crippen molar-refractivity contribution in [3.05, 3.63) is 143 Å². The van der Waals surface area contributed by atoms with Crippen molar-refractivity contribution in [2.75, 3.05) is 167 Å². The maximum absolute atomic E-state index is 8.89. The number of hydrogen-bond acceptors (Lipinski definition) is 17. The van der Waals surface area contributed by atoms with Gasteiger partial charge < -0.3 is 50.0 Å². The predicted molar refractivity (Wildman–Crippen MR) is 345 cm³/mol. The van der Waals surface area contributed by atoms with E-state index in [1.807, 2.05) is 38.1 Å². The summed E-state index contributed by atoms with van der Waals surface area (Å²) in [7, 11) is 2.20. The molecule has 458 valence electrons. The number of benzene rings is 4. The summed E-state index contributed by atoms with van der Waals surface area (Å²) in [6.45, 7) is 27.8. The molecule has 0 amide bonds. The summed E-state index contributed by atoms with van der Waals surface area (Å²) >= 11 is 0. The summed E-state index contributed by atoms with van der Waals surface area (Å²) in [4.78, 5) is 35.3. The Morgan fingerprint density at radius 3 is 1.54 bits per heavy atom. The van der Waals surface area contributed by atoms with Crippen LogP contribution in [0.4, 0.5) is 17.3 Å². The fraction of sp³-hybridized carbons (Fsp3) is 0.529. The van der Waals surface area contributed by atoms with Crippen LogP contribution in [0, 0.1) is 0 Å². The SMILES string of the molecule is CC.CN1CCN(c2ccc(-c3nc4c(c(NCCCCN5CCOCC5)n3)CN(Cc3ccccc3)CC4)cc2)CC1.OCCNCCOc1ccc(-c2nc3c(c(NCCCCN4CCCOCC4)n2)CN(Cc2ccccc2)CC3)cc1. The second-order valence-electron chi connectivity index (χ2n) is 22.7. The number of hydrogen-bond donors (Lipinski definition) is 4. The summed E-state index contributed by atoms with van der Waals surface area (Å²) < 4.78 is 16.9. The van der Waals surface area contributed by atoms with Crippen molar-refractivity contribution >= 4 is 17.3 Å². The Morgan fingerprint density at radius 1 is 0.506 bits per heavy atom. The van der Waals surface area contributed by atoms with Gasteiger partial charge in [-0.25, -0.2) is 19.9 Å². The third kappa shape index (κ3) is 20.0. The van der Waals surface area contributed by atoms with Crippen LogP contribution in [0.3, 0.4) is 0 Å². The van der Waals surface area contributed by atoms with Crippen molar-refractivity contribution < 1.29 is 19.3 Å². The standard InChI is InChI=1S/C33H45N7O.C33H46N6O3.C2H6/c1-37-17-19-40(20-18-37)29-11-9-28(10-12-29)32-35-31-13-16-39(25-27-7-3-2-4-8-27)26-30(31)33(36-32)34-14-5-6-15-38-21-23-41-24-22-38;40-21-15-34-16-23-42-29-11-9-28(10-12-29)32-36-31-13-19-39(25-27-7-2-1-3-8-27)26-30(31)33(37-32)35-14-4-5-17-38-18-6-22-41-24-20-38;1-2/h2-4,7-12H,5-6,13-26H2,1H3,(H,34,35,36);1-3,7-12,34,40H,4-6,13-26H2,(H,35,36,37);1-2H3. The summed E-state index contributed by atoms with van der Waals surface area (Å²) in [5.41, 5.74) is 10.9. The van der Waals surface area contributed by atoms with Crippen LogP contribution in [0.5, 0.6) is 5.75 Å². The Labute approximate surface area is 507 Å². The number of rotatable bonds is 25. The van der Waals surface area contributed by atoms with Crippen LogP contribution in [0.2, 0.25) is 0 Å². The molecular formula is C68H97N13O4. The molecule has 85 heavy (non-hydrogen) atoms. The molecule has 5 aliphatic rings. The number of aliphatic hydroxyl groups excluding tert-OH is 1. The number of ether oxygens (including phenoxy) is 3. The number of aromatic nitrogens is 4. The van der Waals surface area contributed by atoms with Crippen molar-refractivity contribution in [1.29, 1.82) is 0 Å². The molecular weight excluding hydrogens is 1060 g/mol. The molecule has 17 nitrogen and oxygen atoms in total. The van der Waals surface area contributed by atoms with Crippen molar-refractivity contribution in [2.45, 2.75) is 85.0 Å². The summed E-state index contributed by atoms with van der Waals surface area (Å²) in [5, 5.41) is 19.5. The number of nitrogens with one attached hydrogen (secondary N) is 3. The van der Waals surface area contributed by atoms with E-state index in [1.54, 1.807) is 0 Å². The Hall–Kier alpha value is -6.12. The number of likely N-dealkylation sites (N-methyl/N-ethyl adjacent to an activating group) is 1. The minimum absolute atomic E-state index is 0.131. The van der Waals surface area contributed by atoms with Crippen LogP contribution >= 0.6 is 0 Å². The van der Waals surface area contributed by atoms with E-state index in [9.17, 15) is 0 Å². The van der Waals surface area contributed by atoms with Crippen molar-refractivity contribution in [3.8, 4) is 28.5 Å². The van der Waals surface area contributed by atoms with Crippen LogP contribution in [0.1, 0.15) is 79.6 Å². The van der Waals surface area contributed by atoms with Crippen LogP contribution in [0.15, 0.2) is 109 Å². The van der Waals surface area contributed by atoms with Gasteiger partial charge in [0.15, 0.2) is 11.6 Å². The molecule has 4 N–H and O–H groups in total. The van der Waals surface area contributed by atoms with Crippen LogP contribution in [-0.4, -0.2) is 201 Å². The summed E-state index contributed by atoms with van der Waals surface area (Å²) in [6.07, 6.45) is 7.54. The van der Waals surface area contributed by atoms with E-state index < -0.39 is 0 Å². The quantitative estimate of drug-likeness (QED) is 0.0404. The summed E-state index contributed by atoms with van der Waals surface area (Å²) in [5.74, 6) is 4.38. The van der Waals surface area contributed by atoms with Gasteiger partial charge in [-0.2, -0.15) is 0 Å². The third-order valence-corrected chi connectivity index (χ3v) is 16.5. The van der Waals surface area contributed by atoms with Crippen molar-refractivity contribution in [2.24, 2.45) is 0 Å². The highest BCUT2D eigenvalue weighted by Gasteiger charge is 2.26. The van der Waals surface area contributed by atoms with Gasteiger partial charge in [-0.1, -0.05) is 74.5 Å². The van der Waals surface area contributed by atoms with Crippen LogP contribution in [-0.2, 0) is 48.5 Å². The third-order valence-electron chi connectivity index (χ3n) is 16.5. The zero-order valence-electron chi connectivity index (χ0n) is 51.4. The first-order valence-corrected chi connectivity index (χ1v) is 32.0. The smallest absolute Gasteiger partial charge is 0.161 e. The van der Waals surface area contributed by atoms with Gasteiger partial charge in [0.25, 0.3) is 0 Å². The molecule has 5 aliphatic heterocycles. The highest BCUT2D eigenvalue weighted by atomic mass is 16.5. The van der Waals surface area contributed by atoms with E-state index in [-0.39, 0.29) is 6.61 Å². The Balaban J connectivity index is 0.000000198. The minimum atomic E-state index is 0.131. The second-order valence-corrected chi connectivity index (χ2v) is 22.7. The topological polar surface area (TPSA) is 155 Å². The maximum Gasteiger partial charge on any atom is 0.161 e. The molecule has 0 bridgehead atoms. The van der Waals surface area contributed by atoms with Crippen LogP contribution < -0.4 is 25.6 Å². The Bertz CT molecular complexity index is 2830. The highest BCUT2D eigenvalue weighted by Crippen LogP contribution is 2.32. The zero-order valence-corrected chi connectivity index (χ0v) is 51.4.